The number of carbonyl (C=O) groups is 3. The van der Waals surface area contributed by atoms with Crippen LogP contribution in [0.3, 0.4) is 0 Å². The van der Waals surface area contributed by atoms with E-state index in [9.17, 15) is 14.4 Å². The summed E-state index contributed by atoms with van der Waals surface area (Å²) in [7, 11) is 1.24. The van der Waals surface area contributed by atoms with E-state index < -0.39 is 36.4 Å². The quantitative estimate of drug-likeness (QED) is 0.437. The molecule has 0 aliphatic heterocycles. The van der Waals surface area contributed by atoms with Crippen LogP contribution in [0.1, 0.15) is 32.6 Å². The first-order chi connectivity index (χ1) is 10.8. The van der Waals surface area contributed by atoms with Crippen molar-refractivity contribution in [1.82, 2.24) is 5.32 Å². The Kier molecular flexibility index (Phi) is 7.57. The average molecular weight is 344 g/mol. The molecule has 0 fully saturated rings. The minimum absolute atomic E-state index is 0.00886. The predicted octanol–water partition coefficient (Wildman–Crippen LogP) is 0.678. The molecule has 1 amide bonds. The van der Waals surface area contributed by atoms with Gasteiger partial charge in [-0.15, -0.1) is 0 Å². The van der Waals surface area contributed by atoms with Crippen LogP contribution in [0.2, 0.25) is 0 Å². The van der Waals surface area contributed by atoms with Crippen molar-refractivity contribution >= 4 is 29.6 Å². The number of hydrogen-bond acceptors (Lipinski definition) is 6. The molecule has 0 saturated heterocycles. The molecular weight excluding hydrogens is 320 g/mol. The second-order valence-corrected chi connectivity index (χ2v) is 7.37. The third-order valence-electron chi connectivity index (χ3n) is 3.69. The number of methoxy groups -OCH3 is 1. The Hall–Kier alpha value is -1.54. The van der Waals surface area contributed by atoms with E-state index in [1.165, 1.54) is 7.11 Å². The molecule has 0 spiro atoms. The molecule has 1 aliphatic carbocycles. The number of nitrogens with one attached hydrogen (secondary N) is 1. The summed E-state index contributed by atoms with van der Waals surface area (Å²) in [5, 5.41) is 11.2. The lowest BCUT2D eigenvalue weighted by Crippen LogP contribution is -2.50. The van der Waals surface area contributed by atoms with Gasteiger partial charge < -0.3 is 20.9 Å². The molecule has 0 aromatic carbocycles. The van der Waals surface area contributed by atoms with E-state index in [0.29, 0.717) is 5.75 Å². The summed E-state index contributed by atoms with van der Waals surface area (Å²) >= 11 is 1.60. The normalized spacial score (nSPS) is 22.9. The molecule has 8 heteroatoms. The van der Waals surface area contributed by atoms with Crippen molar-refractivity contribution in [1.29, 1.82) is 0 Å². The van der Waals surface area contributed by atoms with Gasteiger partial charge in [-0.3, -0.25) is 9.59 Å². The summed E-state index contributed by atoms with van der Waals surface area (Å²) < 4.78 is 4.72. The maximum Gasteiger partial charge on any atom is 0.329 e. The van der Waals surface area contributed by atoms with Crippen LogP contribution < -0.4 is 11.1 Å². The smallest absolute Gasteiger partial charge is 0.329 e. The second kappa shape index (κ2) is 8.93. The van der Waals surface area contributed by atoms with Gasteiger partial charge in [0.1, 0.15) is 6.04 Å². The Bertz CT molecular complexity index is 482. The highest BCUT2D eigenvalue weighted by Gasteiger charge is 2.30. The fourth-order valence-corrected chi connectivity index (χ4v) is 3.49. The fourth-order valence-electron chi connectivity index (χ4n) is 2.23. The molecule has 0 saturated carbocycles. The lowest BCUT2D eigenvalue weighted by molar-refractivity contribution is -0.144. The number of amides is 1. The third kappa shape index (κ3) is 6.62. The van der Waals surface area contributed by atoms with Crippen LogP contribution in [0.25, 0.3) is 0 Å². The number of esters is 1. The molecule has 1 unspecified atom stereocenters. The summed E-state index contributed by atoms with van der Waals surface area (Å²) in [4.78, 5) is 34.4. The van der Waals surface area contributed by atoms with Gasteiger partial charge in [-0.2, -0.15) is 11.8 Å². The van der Waals surface area contributed by atoms with Crippen LogP contribution in [0, 0.1) is 0 Å². The van der Waals surface area contributed by atoms with E-state index in [4.69, 9.17) is 15.6 Å². The zero-order valence-corrected chi connectivity index (χ0v) is 14.2. The van der Waals surface area contributed by atoms with Crippen molar-refractivity contribution in [3.8, 4) is 0 Å². The second-order valence-electron chi connectivity index (χ2n) is 5.76. The molecule has 1 rings (SSSR count). The first-order valence-corrected chi connectivity index (χ1v) is 8.40. The SMILES string of the molecule is COC(=O)[C@H](CSC1(C)CC=CCC1)NC(=O)[C@@H](N)CC(=O)O. The average Bonchev–Trinajstić information content (AvgIpc) is 2.50. The minimum Gasteiger partial charge on any atom is -0.481 e. The van der Waals surface area contributed by atoms with E-state index in [-0.39, 0.29) is 4.75 Å². The maximum absolute atomic E-state index is 11.9. The molecule has 0 aromatic heterocycles. The van der Waals surface area contributed by atoms with Crippen LogP contribution in [0.5, 0.6) is 0 Å². The van der Waals surface area contributed by atoms with Crippen LogP contribution in [0.15, 0.2) is 12.2 Å². The van der Waals surface area contributed by atoms with Gasteiger partial charge in [0, 0.05) is 10.5 Å². The maximum atomic E-state index is 11.9. The van der Waals surface area contributed by atoms with E-state index in [1.807, 2.05) is 0 Å². The molecule has 0 bridgehead atoms. The lowest BCUT2D eigenvalue weighted by Gasteiger charge is -2.31. The highest BCUT2D eigenvalue weighted by molar-refractivity contribution is 8.00. The molecule has 130 valence electrons. The number of carboxylic acid groups (broad SMARTS) is 1. The van der Waals surface area contributed by atoms with Crippen molar-refractivity contribution in [2.24, 2.45) is 5.73 Å². The highest BCUT2D eigenvalue weighted by atomic mass is 32.2. The van der Waals surface area contributed by atoms with Gasteiger partial charge in [0.15, 0.2) is 0 Å². The van der Waals surface area contributed by atoms with Gasteiger partial charge in [-0.25, -0.2) is 4.79 Å². The molecule has 0 aromatic rings. The molecule has 23 heavy (non-hydrogen) atoms. The number of aliphatic carboxylic acids is 1. The summed E-state index contributed by atoms with van der Waals surface area (Å²) in [6.07, 6.45) is 6.64. The van der Waals surface area contributed by atoms with Crippen LogP contribution in [0.4, 0.5) is 0 Å². The van der Waals surface area contributed by atoms with E-state index in [0.717, 1.165) is 19.3 Å². The van der Waals surface area contributed by atoms with Crippen LogP contribution in [-0.4, -0.2) is 52.6 Å². The van der Waals surface area contributed by atoms with Gasteiger partial charge in [0.25, 0.3) is 0 Å². The Morgan fingerprint density at radius 3 is 2.65 bits per heavy atom. The number of thioether (sulfide) groups is 1. The highest BCUT2D eigenvalue weighted by Crippen LogP contribution is 2.37. The Morgan fingerprint density at radius 2 is 2.13 bits per heavy atom. The van der Waals surface area contributed by atoms with Crippen molar-refractivity contribution in [2.45, 2.75) is 49.4 Å². The zero-order valence-electron chi connectivity index (χ0n) is 13.4. The standard InChI is InChI=1S/C15H24N2O5S/c1-15(6-4-3-5-7-15)23-9-11(14(21)22-2)17-13(20)10(16)8-12(18)19/h3-4,10-11H,5-9,16H2,1-2H3,(H,17,20)(H,18,19)/t10-,11-,15?/m0/s1. The van der Waals surface area contributed by atoms with Crippen molar-refractivity contribution in [3.63, 3.8) is 0 Å². The van der Waals surface area contributed by atoms with Crippen LogP contribution in [-0.2, 0) is 19.1 Å². The topological polar surface area (TPSA) is 119 Å². The number of carbonyl (C=O) groups excluding carboxylic acids is 2. The van der Waals surface area contributed by atoms with Gasteiger partial charge in [0.2, 0.25) is 5.91 Å². The molecular formula is C15H24N2O5S. The number of nitrogens with two attached hydrogens (primary N) is 1. The number of rotatable bonds is 8. The first kappa shape index (κ1) is 19.5. The molecule has 0 radical (unpaired) electrons. The fraction of sp³-hybridized carbons (Fsp3) is 0.667. The minimum atomic E-state index is -1.20. The van der Waals surface area contributed by atoms with Crippen molar-refractivity contribution in [2.75, 3.05) is 12.9 Å². The van der Waals surface area contributed by atoms with Crippen molar-refractivity contribution in [3.05, 3.63) is 12.2 Å². The zero-order chi connectivity index (χ0) is 17.5. The number of carboxylic acids is 1. The number of allylic oxidation sites excluding steroid dienone is 2. The van der Waals surface area contributed by atoms with Gasteiger partial charge in [0.05, 0.1) is 19.6 Å². The third-order valence-corrected chi connectivity index (χ3v) is 5.26. The monoisotopic (exact) mass is 344 g/mol. The largest absolute Gasteiger partial charge is 0.481 e. The molecule has 1 aliphatic rings. The summed E-state index contributed by atoms with van der Waals surface area (Å²) in [5.41, 5.74) is 5.51. The lowest BCUT2D eigenvalue weighted by atomic mass is 9.95. The number of ether oxygens (including phenoxy) is 1. The van der Waals surface area contributed by atoms with Gasteiger partial charge in [-0.1, -0.05) is 19.1 Å². The van der Waals surface area contributed by atoms with Gasteiger partial charge in [-0.05, 0) is 19.3 Å². The number of hydrogen-bond donors (Lipinski definition) is 3. The van der Waals surface area contributed by atoms with Crippen molar-refractivity contribution < 1.29 is 24.2 Å². The van der Waals surface area contributed by atoms with Gasteiger partial charge >= 0.3 is 11.9 Å². The summed E-state index contributed by atoms with van der Waals surface area (Å²) in [6, 6.07) is -2.04. The van der Waals surface area contributed by atoms with E-state index >= 15 is 0 Å². The van der Waals surface area contributed by atoms with E-state index in [1.54, 1.807) is 11.8 Å². The first-order valence-electron chi connectivity index (χ1n) is 7.42. The Balaban J connectivity index is 2.62. The molecule has 7 nitrogen and oxygen atoms in total. The molecule has 3 atom stereocenters. The van der Waals surface area contributed by atoms with Crippen LogP contribution >= 0.6 is 11.8 Å². The van der Waals surface area contributed by atoms with E-state index in [2.05, 4.69) is 24.4 Å². The Labute approximate surface area is 140 Å². The molecule has 0 heterocycles. The Morgan fingerprint density at radius 1 is 1.43 bits per heavy atom. The summed E-state index contributed by atoms with van der Waals surface area (Å²) in [5.74, 6) is -2.05. The predicted molar refractivity (Wildman–Crippen MR) is 88.0 cm³/mol. The summed E-state index contributed by atoms with van der Waals surface area (Å²) in [6.45, 7) is 2.12. The molecule has 4 N–H and O–H groups in total.